The molecule has 1 fully saturated rings. The Hall–Kier alpha value is -2.62. The van der Waals surface area contributed by atoms with E-state index in [0.29, 0.717) is 32.1 Å². The molecular weight excluding hydrogens is 366 g/mol. The summed E-state index contributed by atoms with van der Waals surface area (Å²) >= 11 is 0. The number of hydrogen-bond donors (Lipinski definition) is 0. The van der Waals surface area contributed by atoms with Crippen molar-refractivity contribution in [2.45, 2.75) is 10.7 Å². The zero-order chi connectivity index (χ0) is 18.7. The van der Waals surface area contributed by atoms with Crippen molar-refractivity contribution in [3.05, 3.63) is 48.3 Å². The van der Waals surface area contributed by atoms with E-state index in [-0.39, 0.29) is 11.5 Å². The minimum atomic E-state index is -4.66. The number of anilines is 1. The molecule has 0 saturated carbocycles. The average Bonchev–Trinajstić information content (AvgIpc) is 2.68. The van der Waals surface area contributed by atoms with Gasteiger partial charge >= 0.3 is 5.76 Å². The summed E-state index contributed by atoms with van der Waals surface area (Å²) in [6.07, 6.45) is 3.30. The Kier molecular flexibility index (Phi) is 5.12. The normalized spacial score (nSPS) is 15.3. The van der Waals surface area contributed by atoms with E-state index in [1.807, 2.05) is 4.90 Å². The Morgan fingerprint density at radius 2 is 1.58 bits per heavy atom. The molecule has 0 unspecified atom stereocenters. The van der Waals surface area contributed by atoms with Gasteiger partial charge in [0.1, 0.15) is 0 Å². The van der Waals surface area contributed by atoms with Crippen LogP contribution in [0.1, 0.15) is 10.4 Å². The molecule has 1 aliphatic heterocycles. The summed E-state index contributed by atoms with van der Waals surface area (Å²) in [7, 11) is -4.66. The van der Waals surface area contributed by atoms with E-state index >= 15 is 0 Å². The fraction of sp³-hybridized carbons (Fsp3) is 0.312. The van der Waals surface area contributed by atoms with Gasteiger partial charge in [0.2, 0.25) is 15.8 Å². The van der Waals surface area contributed by atoms with Crippen molar-refractivity contribution in [2.24, 2.45) is 0 Å². The molecule has 138 valence electrons. The Morgan fingerprint density at radius 3 is 2.12 bits per heavy atom. The third-order valence-electron chi connectivity index (χ3n) is 4.07. The van der Waals surface area contributed by atoms with Gasteiger partial charge in [0.25, 0.3) is 5.91 Å². The highest BCUT2D eigenvalue weighted by Crippen LogP contribution is 2.20. The van der Waals surface area contributed by atoms with E-state index < -0.39 is 20.5 Å². The first kappa shape index (κ1) is 18.2. The second-order valence-electron chi connectivity index (χ2n) is 5.66. The van der Waals surface area contributed by atoms with Gasteiger partial charge < -0.3 is 9.80 Å². The molecule has 0 N–H and O–H groups in total. The Balaban J connectivity index is 1.66. The fourth-order valence-electron chi connectivity index (χ4n) is 2.64. The maximum Gasteiger partial charge on any atom is 0.341 e. The second kappa shape index (κ2) is 7.32. The molecular formula is C16H16F2N4O3S. The van der Waals surface area contributed by atoms with E-state index in [0.717, 1.165) is 12.1 Å². The number of amides is 1. The Bertz CT molecular complexity index is 868. The van der Waals surface area contributed by atoms with Crippen molar-refractivity contribution in [3.8, 4) is 0 Å². The summed E-state index contributed by atoms with van der Waals surface area (Å²) in [5.41, 5.74) is 0.252. The molecule has 0 atom stereocenters. The highest BCUT2D eigenvalue weighted by molar-refractivity contribution is 7.91. The second-order valence-corrected chi connectivity index (χ2v) is 7.58. The number of alkyl halides is 2. The lowest BCUT2D eigenvalue weighted by Crippen LogP contribution is -2.49. The molecule has 10 heteroatoms. The van der Waals surface area contributed by atoms with E-state index in [9.17, 15) is 22.0 Å². The topological polar surface area (TPSA) is 83.5 Å². The summed E-state index contributed by atoms with van der Waals surface area (Å²) in [5, 5.41) is 0. The van der Waals surface area contributed by atoms with Crippen LogP contribution in [0.5, 0.6) is 0 Å². The van der Waals surface area contributed by atoms with Crippen molar-refractivity contribution in [3.63, 3.8) is 0 Å². The maximum atomic E-state index is 12.5. The van der Waals surface area contributed by atoms with Crippen LogP contribution in [0.3, 0.4) is 0 Å². The number of piperazine rings is 1. The molecule has 2 aromatic rings. The molecule has 0 spiro atoms. The molecule has 1 saturated heterocycles. The summed E-state index contributed by atoms with van der Waals surface area (Å²) < 4.78 is 47.9. The van der Waals surface area contributed by atoms with Crippen molar-refractivity contribution in [2.75, 3.05) is 31.1 Å². The van der Waals surface area contributed by atoms with Gasteiger partial charge in [-0.25, -0.2) is 18.4 Å². The van der Waals surface area contributed by atoms with Gasteiger partial charge in [0.05, 0.1) is 4.90 Å². The number of carbonyl (C=O) groups excluding carboxylic acids is 1. The number of aromatic nitrogens is 2. The average molecular weight is 382 g/mol. The standard InChI is InChI=1S/C16H16F2N4O3S/c17-15(18)26(24,25)13-4-2-12(3-5-13)14(23)21-8-10-22(11-9-21)16-19-6-1-7-20-16/h1-7,15H,8-11H2. The van der Waals surface area contributed by atoms with Gasteiger partial charge in [-0.3, -0.25) is 4.79 Å². The Labute approximate surface area is 149 Å². The largest absolute Gasteiger partial charge is 0.341 e. The third kappa shape index (κ3) is 3.64. The minimum absolute atomic E-state index is 0.252. The van der Waals surface area contributed by atoms with Crippen LogP contribution in [0.15, 0.2) is 47.6 Å². The number of carbonyl (C=O) groups is 1. The van der Waals surface area contributed by atoms with Gasteiger partial charge in [-0.05, 0) is 30.3 Å². The predicted molar refractivity (Wildman–Crippen MR) is 89.8 cm³/mol. The quantitative estimate of drug-likeness (QED) is 0.796. The van der Waals surface area contributed by atoms with Crippen LogP contribution in [0.25, 0.3) is 0 Å². The highest BCUT2D eigenvalue weighted by Gasteiger charge is 2.27. The number of hydrogen-bond acceptors (Lipinski definition) is 6. The molecule has 1 aromatic carbocycles. The molecule has 0 bridgehead atoms. The van der Waals surface area contributed by atoms with Gasteiger partial charge in [-0.15, -0.1) is 0 Å². The number of benzene rings is 1. The van der Waals surface area contributed by atoms with Crippen LogP contribution in [0, 0.1) is 0 Å². The molecule has 1 aliphatic rings. The molecule has 1 amide bonds. The summed E-state index contributed by atoms with van der Waals surface area (Å²) in [4.78, 5) is 23.9. The molecule has 1 aromatic heterocycles. The zero-order valence-electron chi connectivity index (χ0n) is 13.6. The van der Waals surface area contributed by atoms with Crippen molar-refractivity contribution in [1.29, 1.82) is 0 Å². The molecule has 2 heterocycles. The summed E-state index contributed by atoms with van der Waals surface area (Å²) in [6.45, 7) is 2.03. The van der Waals surface area contributed by atoms with E-state index in [1.165, 1.54) is 12.1 Å². The molecule has 0 radical (unpaired) electrons. The fourth-order valence-corrected chi connectivity index (χ4v) is 3.36. The zero-order valence-corrected chi connectivity index (χ0v) is 14.4. The number of rotatable bonds is 4. The van der Waals surface area contributed by atoms with Crippen LogP contribution in [0.2, 0.25) is 0 Å². The van der Waals surface area contributed by atoms with Gasteiger partial charge in [-0.2, -0.15) is 8.78 Å². The minimum Gasteiger partial charge on any atom is -0.337 e. The van der Waals surface area contributed by atoms with Crippen LogP contribution >= 0.6 is 0 Å². The first-order chi connectivity index (χ1) is 12.4. The van der Waals surface area contributed by atoms with Crippen LogP contribution in [-0.2, 0) is 9.84 Å². The smallest absolute Gasteiger partial charge is 0.337 e. The van der Waals surface area contributed by atoms with Gasteiger partial charge in [-0.1, -0.05) is 0 Å². The van der Waals surface area contributed by atoms with Crippen LogP contribution < -0.4 is 4.90 Å². The van der Waals surface area contributed by atoms with Crippen molar-refractivity contribution in [1.82, 2.24) is 14.9 Å². The summed E-state index contributed by atoms with van der Waals surface area (Å²) in [6, 6.07) is 6.29. The SMILES string of the molecule is O=C(c1ccc(S(=O)(=O)C(F)F)cc1)N1CCN(c2ncccn2)CC1. The van der Waals surface area contributed by atoms with Gasteiger partial charge in [0, 0.05) is 44.1 Å². The third-order valence-corrected chi connectivity index (χ3v) is 5.46. The van der Waals surface area contributed by atoms with Gasteiger partial charge in [0.15, 0.2) is 0 Å². The molecule has 0 aliphatic carbocycles. The van der Waals surface area contributed by atoms with E-state index in [1.54, 1.807) is 23.4 Å². The molecule has 7 nitrogen and oxygen atoms in total. The number of sulfone groups is 1. The number of halogens is 2. The summed E-state index contributed by atoms with van der Waals surface area (Å²) in [5.74, 6) is -3.17. The predicted octanol–water partition coefficient (Wildman–Crippen LogP) is 1.44. The first-order valence-electron chi connectivity index (χ1n) is 7.83. The van der Waals surface area contributed by atoms with E-state index in [4.69, 9.17) is 0 Å². The monoisotopic (exact) mass is 382 g/mol. The van der Waals surface area contributed by atoms with Crippen molar-refractivity contribution < 1.29 is 22.0 Å². The maximum absolute atomic E-state index is 12.5. The lowest BCUT2D eigenvalue weighted by atomic mass is 10.2. The number of nitrogens with zero attached hydrogens (tertiary/aromatic N) is 4. The lowest BCUT2D eigenvalue weighted by Gasteiger charge is -2.34. The highest BCUT2D eigenvalue weighted by atomic mass is 32.2. The van der Waals surface area contributed by atoms with Crippen molar-refractivity contribution >= 4 is 21.7 Å². The Morgan fingerprint density at radius 1 is 1.00 bits per heavy atom. The van der Waals surface area contributed by atoms with Crippen LogP contribution in [0.4, 0.5) is 14.7 Å². The molecule has 26 heavy (non-hydrogen) atoms. The first-order valence-corrected chi connectivity index (χ1v) is 9.37. The molecule has 3 rings (SSSR count). The van der Waals surface area contributed by atoms with E-state index in [2.05, 4.69) is 9.97 Å². The van der Waals surface area contributed by atoms with Crippen LogP contribution in [-0.4, -0.2) is 61.1 Å². The lowest BCUT2D eigenvalue weighted by molar-refractivity contribution is 0.0746.